The van der Waals surface area contributed by atoms with Crippen LogP contribution in [0.1, 0.15) is 0 Å². The maximum Gasteiger partial charge on any atom is 0.253 e. The third-order valence-corrected chi connectivity index (χ3v) is 3.92. The number of aromatic nitrogens is 2. The Labute approximate surface area is 132 Å². The summed E-state index contributed by atoms with van der Waals surface area (Å²) in [6.07, 6.45) is 2.76. The Bertz CT molecular complexity index is 753. The van der Waals surface area contributed by atoms with E-state index in [1.807, 2.05) is 4.90 Å². The van der Waals surface area contributed by atoms with Crippen LogP contribution in [0.25, 0.3) is 0 Å². The molecule has 0 radical (unpaired) electrons. The zero-order valence-corrected chi connectivity index (χ0v) is 12.6. The van der Waals surface area contributed by atoms with Crippen LogP contribution in [0.2, 0.25) is 0 Å². The summed E-state index contributed by atoms with van der Waals surface area (Å²) in [7, 11) is 0. The summed E-state index contributed by atoms with van der Waals surface area (Å²) in [5.41, 5.74) is 0.307. The van der Waals surface area contributed by atoms with Crippen LogP contribution in [-0.2, 0) is 11.3 Å². The summed E-state index contributed by atoms with van der Waals surface area (Å²) in [6, 6.07) is 7.95. The van der Waals surface area contributed by atoms with Gasteiger partial charge in [-0.1, -0.05) is 12.1 Å². The maximum atomic E-state index is 13.8. The Morgan fingerprint density at radius 1 is 1.13 bits per heavy atom. The second-order valence-electron chi connectivity index (χ2n) is 5.37. The van der Waals surface area contributed by atoms with Gasteiger partial charge < -0.3 is 9.80 Å². The number of benzene rings is 1. The monoisotopic (exact) mass is 316 g/mol. The molecule has 7 heteroatoms. The molecule has 1 amide bonds. The topological polar surface area (TPSA) is 58.4 Å². The molecule has 1 aromatic carbocycles. The lowest BCUT2D eigenvalue weighted by Crippen LogP contribution is -2.50. The number of rotatable bonds is 3. The third-order valence-electron chi connectivity index (χ3n) is 3.92. The molecule has 1 aromatic heterocycles. The molecule has 1 aliphatic rings. The first-order valence-corrected chi connectivity index (χ1v) is 7.43. The van der Waals surface area contributed by atoms with E-state index < -0.39 is 0 Å². The molecule has 0 bridgehead atoms. The second kappa shape index (κ2) is 6.60. The molecular weight excluding hydrogens is 299 g/mol. The summed E-state index contributed by atoms with van der Waals surface area (Å²) in [6.45, 7) is 2.11. The van der Waals surface area contributed by atoms with Crippen LogP contribution in [0.15, 0.2) is 47.7 Å². The number of carbonyl (C=O) groups excluding carboxylic acids is 1. The third kappa shape index (κ3) is 3.39. The molecule has 2 heterocycles. The first kappa shape index (κ1) is 15.2. The Hall–Kier alpha value is -2.70. The average Bonchev–Trinajstić information content (AvgIpc) is 2.57. The van der Waals surface area contributed by atoms with E-state index in [9.17, 15) is 14.0 Å². The van der Waals surface area contributed by atoms with E-state index in [-0.39, 0.29) is 23.8 Å². The summed E-state index contributed by atoms with van der Waals surface area (Å²) in [4.78, 5) is 31.4. The van der Waals surface area contributed by atoms with Gasteiger partial charge in [0.05, 0.1) is 12.0 Å². The minimum Gasteiger partial charge on any atom is -0.366 e. The van der Waals surface area contributed by atoms with E-state index in [4.69, 9.17) is 0 Å². The molecule has 2 aromatic rings. The van der Waals surface area contributed by atoms with Crippen molar-refractivity contribution in [2.75, 3.05) is 31.1 Å². The van der Waals surface area contributed by atoms with Crippen molar-refractivity contribution >= 4 is 11.6 Å². The quantitative estimate of drug-likeness (QED) is 0.838. The highest BCUT2D eigenvalue weighted by molar-refractivity contribution is 5.76. The highest BCUT2D eigenvalue weighted by atomic mass is 19.1. The van der Waals surface area contributed by atoms with Crippen LogP contribution < -0.4 is 10.5 Å². The van der Waals surface area contributed by atoms with Crippen LogP contribution >= 0.6 is 0 Å². The van der Waals surface area contributed by atoms with Gasteiger partial charge in [-0.05, 0) is 12.1 Å². The predicted octanol–water partition coefficient (Wildman–Crippen LogP) is 0.731. The number of hydrogen-bond acceptors (Lipinski definition) is 4. The molecular formula is C16H17FN4O2. The van der Waals surface area contributed by atoms with Gasteiger partial charge in [0.2, 0.25) is 5.91 Å². The Morgan fingerprint density at radius 3 is 2.57 bits per heavy atom. The molecule has 0 aliphatic carbocycles. The average molecular weight is 316 g/mol. The number of para-hydroxylation sites is 1. The first-order valence-electron chi connectivity index (χ1n) is 7.43. The van der Waals surface area contributed by atoms with Crippen LogP contribution in [0.5, 0.6) is 0 Å². The molecule has 0 N–H and O–H groups in total. The van der Waals surface area contributed by atoms with Crippen LogP contribution in [-0.4, -0.2) is 46.5 Å². The zero-order chi connectivity index (χ0) is 16.2. The Kier molecular flexibility index (Phi) is 4.36. The highest BCUT2D eigenvalue weighted by Gasteiger charge is 2.22. The van der Waals surface area contributed by atoms with Crippen molar-refractivity contribution < 1.29 is 9.18 Å². The zero-order valence-electron chi connectivity index (χ0n) is 12.6. The van der Waals surface area contributed by atoms with Crippen molar-refractivity contribution in [3.05, 3.63) is 59.0 Å². The number of amides is 1. The summed E-state index contributed by atoms with van der Waals surface area (Å²) in [5, 5.41) is 0. The van der Waals surface area contributed by atoms with Gasteiger partial charge in [0.1, 0.15) is 12.4 Å². The standard InChI is InChI=1S/C16H17FN4O2/c17-13-3-1-2-4-14(13)19-7-9-20(10-8-19)16(23)11-21-12-18-6-5-15(21)22/h1-6,12H,7-11H2. The number of carbonyl (C=O) groups is 1. The molecule has 3 rings (SSSR count). The van der Waals surface area contributed by atoms with Gasteiger partial charge in [0.15, 0.2) is 0 Å². The fourth-order valence-electron chi connectivity index (χ4n) is 2.65. The lowest BCUT2D eigenvalue weighted by atomic mass is 10.2. The minimum absolute atomic E-state index is 0.0215. The fraction of sp³-hybridized carbons (Fsp3) is 0.312. The van der Waals surface area contributed by atoms with Crippen molar-refractivity contribution in [1.82, 2.24) is 14.5 Å². The van der Waals surface area contributed by atoms with E-state index in [2.05, 4.69) is 4.98 Å². The molecule has 0 atom stereocenters. The van der Waals surface area contributed by atoms with Crippen molar-refractivity contribution in [1.29, 1.82) is 0 Å². The summed E-state index contributed by atoms with van der Waals surface area (Å²) < 4.78 is 15.1. The minimum atomic E-state index is -0.255. The van der Waals surface area contributed by atoms with E-state index in [0.29, 0.717) is 31.9 Å². The van der Waals surface area contributed by atoms with Crippen LogP contribution in [0.4, 0.5) is 10.1 Å². The molecule has 120 valence electrons. The van der Waals surface area contributed by atoms with Gasteiger partial charge in [-0.25, -0.2) is 9.37 Å². The summed E-state index contributed by atoms with van der Waals surface area (Å²) >= 11 is 0. The Balaban J connectivity index is 1.61. The molecule has 1 saturated heterocycles. The van der Waals surface area contributed by atoms with Gasteiger partial charge in [0, 0.05) is 38.4 Å². The van der Waals surface area contributed by atoms with E-state index >= 15 is 0 Å². The smallest absolute Gasteiger partial charge is 0.253 e. The predicted molar refractivity (Wildman–Crippen MR) is 83.7 cm³/mol. The largest absolute Gasteiger partial charge is 0.366 e. The lowest BCUT2D eigenvalue weighted by Gasteiger charge is -2.36. The number of piperazine rings is 1. The van der Waals surface area contributed by atoms with Crippen LogP contribution in [0.3, 0.4) is 0 Å². The van der Waals surface area contributed by atoms with Gasteiger partial charge >= 0.3 is 0 Å². The fourth-order valence-corrected chi connectivity index (χ4v) is 2.65. The van der Waals surface area contributed by atoms with Crippen molar-refractivity contribution in [2.45, 2.75) is 6.54 Å². The van der Waals surface area contributed by atoms with Crippen molar-refractivity contribution in [2.24, 2.45) is 0 Å². The number of hydrogen-bond donors (Lipinski definition) is 0. The molecule has 0 spiro atoms. The number of anilines is 1. The molecule has 1 aliphatic heterocycles. The molecule has 0 unspecified atom stereocenters. The molecule has 0 saturated carbocycles. The highest BCUT2D eigenvalue weighted by Crippen LogP contribution is 2.20. The molecule has 23 heavy (non-hydrogen) atoms. The number of nitrogens with zero attached hydrogens (tertiary/aromatic N) is 4. The van der Waals surface area contributed by atoms with Gasteiger partial charge in [-0.3, -0.25) is 14.2 Å². The SMILES string of the molecule is O=C(Cn1cnccc1=O)N1CCN(c2ccccc2F)CC1. The van der Waals surface area contributed by atoms with Crippen molar-refractivity contribution in [3.63, 3.8) is 0 Å². The van der Waals surface area contributed by atoms with Gasteiger partial charge in [-0.2, -0.15) is 0 Å². The number of halogens is 1. The van der Waals surface area contributed by atoms with Crippen LogP contribution in [0, 0.1) is 5.82 Å². The summed E-state index contributed by atoms with van der Waals surface area (Å²) in [5.74, 6) is -0.387. The van der Waals surface area contributed by atoms with Gasteiger partial charge in [-0.15, -0.1) is 0 Å². The van der Waals surface area contributed by atoms with Crippen molar-refractivity contribution in [3.8, 4) is 0 Å². The lowest BCUT2D eigenvalue weighted by molar-refractivity contribution is -0.132. The van der Waals surface area contributed by atoms with E-state index in [1.54, 1.807) is 23.1 Å². The first-order chi connectivity index (χ1) is 11.1. The maximum absolute atomic E-state index is 13.8. The Morgan fingerprint density at radius 2 is 1.87 bits per heavy atom. The van der Waals surface area contributed by atoms with Gasteiger partial charge in [0.25, 0.3) is 5.56 Å². The normalized spacial score (nSPS) is 14.8. The second-order valence-corrected chi connectivity index (χ2v) is 5.37. The van der Waals surface area contributed by atoms with E-state index in [1.165, 1.54) is 29.2 Å². The van der Waals surface area contributed by atoms with E-state index in [0.717, 1.165) is 0 Å². The molecule has 6 nitrogen and oxygen atoms in total. The molecule has 1 fully saturated rings.